The Morgan fingerprint density at radius 2 is 1.95 bits per heavy atom. The Labute approximate surface area is 117 Å². The second-order valence-corrected chi connectivity index (χ2v) is 5.15. The molecule has 19 heavy (non-hydrogen) atoms. The number of hydrogen-bond donors (Lipinski definition) is 2. The molecular formula is C14H15ClN4. The van der Waals surface area contributed by atoms with E-state index < -0.39 is 0 Å². The van der Waals surface area contributed by atoms with Gasteiger partial charge in [0.25, 0.3) is 0 Å². The quantitative estimate of drug-likeness (QED) is 0.667. The van der Waals surface area contributed by atoms with Crippen LogP contribution in [0.4, 0.5) is 5.82 Å². The monoisotopic (exact) mass is 274 g/mol. The van der Waals surface area contributed by atoms with Gasteiger partial charge in [0.15, 0.2) is 0 Å². The number of aromatic nitrogens is 2. The van der Waals surface area contributed by atoms with Gasteiger partial charge in [-0.2, -0.15) is 0 Å². The van der Waals surface area contributed by atoms with E-state index in [-0.39, 0.29) is 0 Å². The van der Waals surface area contributed by atoms with E-state index in [9.17, 15) is 0 Å². The average molecular weight is 275 g/mol. The van der Waals surface area contributed by atoms with Gasteiger partial charge in [-0.05, 0) is 37.0 Å². The van der Waals surface area contributed by atoms with Crippen LogP contribution in [0.2, 0.25) is 5.02 Å². The maximum atomic E-state index is 5.88. The summed E-state index contributed by atoms with van der Waals surface area (Å²) in [5.74, 6) is 7.12. The molecule has 1 aromatic heterocycles. The highest BCUT2D eigenvalue weighted by atomic mass is 35.5. The molecule has 0 saturated heterocycles. The zero-order valence-electron chi connectivity index (χ0n) is 10.5. The molecular weight excluding hydrogens is 260 g/mol. The Kier molecular flexibility index (Phi) is 3.36. The summed E-state index contributed by atoms with van der Waals surface area (Å²) < 4.78 is 0. The number of aryl methyl sites for hydroxylation is 1. The molecule has 98 valence electrons. The second kappa shape index (κ2) is 5.15. The highest BCUT2D eigenvalue weighted by molar-refractivity contribution is 6.30. The first kappa shape index (κ1) is 12.4. The molecule has 4 nitrogen and oxygen atoms in total. The number of halogens is 1. The summed E-state index contributed by atoms with van der Waals surface area (Å²) in [5.41, 5.74) is 6.13. The Morgan fingerprint density at radius 1 is 1.16 bits per heavy atom. The number of nitrogens with one attached hydrogen (secondary N) is 1. The maximum absolute atomic E-state index is 5.88. The molecule has 0 radical (unpaired) electrons. The third kappa shape index (κ3) is 2.55. The van der Waals surface area contributed by atoms with Crippen LogP contribution >= 0.6 is 11.6 Å². The standard InChI is InChI=1S/C14H15ClN4/c15-10-6-4-9(5-7-10)8-13-17-12-3-1-2-11(12)14(18-13)19-16/h4-7H,1-3,8,16H2,(H,17,18,19). The van der Waals surface area contributed by atoms with Crippen LogP contribution in [-0.4, -0.2) is 9.97 Å². The van der Waals surface area contributed by atoms with Crippen LogP contribution in [0.25, 0.3) is 0 Å². The van der Waals surface area contributed by atoms with E-state index in [2.05, 4.69) is 15.4 Å². The summed E-state index contributed by atoms with van der Waals surface area (Å²) in [6.45, 7) is 0. The number of nitrogen functional groups attached to an aromatic ring is 1. The largest absolute Gasteiger partial charge is 0.308 e. The predicted molar refractivity (Wildman–Crippen MR) is 76.1 cm³/mol. The van der Waals surface area contributed by atoms with Gasteiger partial charge in [-0.1, -0.05) is 23.7 Å². The second-order valence-electron chi connectivity index (χ2n) is 4.71. The normalized spacial score (nSPS) is 13.4. The first-order chi connectivity index (χ1) is 9.26. The zero-order chi connectivity index (χ0) is 13.2. The van der Waals surface area contributed by atoms with Gasteiger partial charge in [0, 0.05) is 22.7 Å². The molecule has 1 heterocycles. The van der Waals surface area contributed by atoms with Crippen molar-refractivity contribution in [1.82, 2.24) is 9.97 Å². The molecule has 3 N–H and O–H groups in total. The van der Waals surface area contributed by atoms with Crippen molar-refractivity contribution in [3.05, 3.63) is 51.9 Å². The van der Waals surface area contributed by atoms with Crippen molar-refractivity contribution >= 4 is 17.4 Å². The highest BCUT2D eigenvalue weighted by Gasteiger charge is 2.18. The van der Waals surface area contributed by atoms with E-state index in [0.29, 0.717) is 6.42 Å². The summed E-state index contributed by atoms with van der Waals surface area (Å²) in [5, 5.41) is 0.739. The van der Waals surface area contributed by atoms with Crippen LogP contribution < -0.4 is 11.3 Å². The Hall–Kier alpha value is -1.65. The van der Waals surface area contributed by atoms with Gasteiger partial charge in [0.1, 0.15) is 11.6 Å². The van der Waals surface area contributed by atoms with E-state index in [1.165, 1.54) is 5.56 Å². The van der Waals surface area contributed by atoms with Gasteiger partial charge < -0.3 is 5.43 Å². The molecule has 0 saturated carbocycles. The summed E-state index contributed by atoms with van der Waals surface area (Å²) >= 11 is 5.88. The predicted octanol–water partition coefficient (Wildman–Crippen LogP) is 2.50. The lowest BCUT2D eigenvalue weighted by Gasteiger charge is -2.09. The fourth-order valence-corrected chi connectivity index (χ4v) is 2.59. The van der Waals surface area contributed by atoms with Crippen LogP contribution in [-0.2, 0) is 19.3 Å². The minimum Gasteiger partial charge on any atom is -0.308 e. The lowest BCUT2D eigenvalue weighted by Crippen LogP contribution is -2.14. The Balaban J connectivity index is 1.91. The third-order valence-electron chi connectivity index (χ3n) is 3.39. The van der Waals surface area contributed by atoms with Gasteiger partial charge in [-0.3, -0.25) is 0 Å². The van der Waals surface area contributed by atoms with Crippen molar-refractivity contribution < 1.29 is 0 Å². The molecule has 1 aliphatic carbocycles. The number of nitrogens with two attached hydrogens (primary N) is 1. The van der Waals surface area contributed by atoms with Gasteiger partial charge in [-0.25, -0.2) is 15.8 Å². The molecule has 0 atom stereocenters. The topological polar surface area (TPSA) is 63.8 Å². The third-order valence-corrected chi connectivity index (χ3v) is 3.64. The SMILES string of the molecule is NNc1nc(Cc2ccc(Cl)cc2)nc2c1CCC2. The molecule has 0 spiro atoms. The fraction of sp³-hybridized carbons (Fsp3) is 0.286. The van der Waals surface area contributed by atoms with Crippen molar-refractivity contribution in [3.63, 3.8) is 0 Å². The van der Waals surface area contributed by atoms with E-state index >= 15 is 0 Å². The van der Waals surface area contributed by atoms with Crippen molar-refractivity contribution in [2.75, 3.05) is 5.43 Å². The van der Waals surface area contributed by atoms with Crippen molar-refractivity contribution in [1.29, 1.82) is 0 Å². The zero-order valence-corrected chi connectivity index (χ0v) is 11.2. The van der Waals surface area contributed by atoms with Crippen molar-refractivity contribution in [2.45, 2.75) is 25.7 Å². The van der Waals surface area contributed by atoms with Gasteiger partial charge in [-0.15, -0.1) is 0 Å². The Morgan fingerprint density at radius 3 is 2.68 bits per heavy atom. The highest BCUT2D eigenvalue weighted by Crippen LogP contribution is 2.26. The van der Waals surface area contributed by atoms with E-state index in [4.69, 9.17) is 17.4 Å². The Bertz CT molecular complexity index is 595. The molecule has 1 aromatic carbocycles. The molecule has 0 unspecified atom stereocenters. The molecule has 0 fully saturated rings. The summed E-state index contributed by atoms with van der Waals surface area (Å²) in [4.78, 5) is 9.14. The van der Waals surface area contributed by atoms with E-state index in [0.717, 1.165) is 47.2 Å². The van der Waals surface area contributed by atoms with Crippen molar-refractivity contribution in [3.8, 4) is 0 Å². The molecule has 5 heteroatoms. The number of hydrogen-bond acceptors (Lipinski definition) is 4. The van der Waals surface area contributed by atoms with Gasteiger partial charge in [0.05, 0.1) is 0 Å². The molecule has 1 aliphatic rings. The van der Waals surface area contributed by atoms with Crippen LogP contribution in [0.15, 0.2) is 24.3 Å². The lowest BCUT2D eigenvalue weighted by molar-refractivity contribution is 0.885. The number of benzene rings is 1. The van der Waals surface area contributed by atoms with Crippen molar-refractivity contribution in [2.24, 2.45) is 5.84 Å². The first-order valence-electron chi connectivity index (χ1n) is 6.36. The van der Waals surface area contributed by atoms with Gasteiger partial charge in [0.2, 0.25) is 0 Å². The molecule has 0 aliphatic heterocycles. The van der Waals surface area contributed by atoms with E-state index in [1.54, 1.807) is 0 Å². The van der Waals surface area contributed by atoms with E-state index in [1.807, 2.05) is 24.3 Å². The van der Waals surface area contributed by atoms with Gasteiger partial charge >= 0.3 is 0 Å². The fourth-order valence-electron chi connectivity index (χ4n) is 2.47. The summed E-state index contributed by atoms with van der Waals surface area (Å²) in [7, 11) is 0. The number of nitrogens with zero attached hydrogens (tertiary/aromatic N) is 2. The lowest BCUT2D eigenvalue weighted by atomic mass is 10.1. The minimum absolute atomic E-state index is 0.694. The minimum atomic E-state index is 0.694. The molecule has 0 amide bonds. The first-order valence-corrected chi connectivity index (χ1v) is 6.74. The molecule has 2 aromatic rings. The smallest absolute Gasteiger partial charge is 0.147 e. The van der Waals surface area contributed by atoms with Crippen LogP contribution in [0, 0.1) is 0 Å². The van der Waals surface area contributed by atoms with Crippen LogP contribution in [0.5, 0.6) is 0 Å². The number of rotatable bonds is 3. The average Bonchev–Trinajstić information content (AvgIpc) is 2.89. The van der Waals surface area contributed by atoms with Crippen LogP contribution in [0.3, 0.4) is 0 Å². The number of hydrazine groups is 1. The molecule has 3 rings (SSSR count). The number of anilines is 1. The summed E-state index contributed by atoms with van der Waals surface area (Å²) in [6.07, 6.45) is 3.85. The number of fused-ring (bicyclic) bond motifs is 1. The van der Waals surface area contributed by atoms with Crippen LogP contribution in [0.1, 0.15) is 29.1 Å². The molecule has 0 bridgehead atoms. The summed E-state index contributed by atoms with van der Waals surface area (Å²) in [6, 6.07) is 7.75. The maximum Gasteiger partial charge on any atom is 0.147 e.